The Kier molecular flexibility index (Phi) is 4.19. The molecule has 0 bridgehead atoms. The van der Waals surface area contributed by atoms with E-state index >= 15 is 0 Å². The molecule has 1 aromatic carbocycles. The summed E-state index contributed by atoms with van der Waals surface area (Å²) in [6.45, 7) is 3.71. The molecule has 6 nitrogen and oxygen atoms in total. The van der Waals surface area contributed by atoms with Crippen molar-refractivity contribution in [3.63, 3.8) is 0 Å². The van der Waals surface area contributed by atoms with Gasteiger partial charge < -0.3 is 10.1 Å². The molecule has 1 unspecified atom stereocenters. The fraction of sp³-hybridized carbons (Fsp3) is 0.381. The highest BCUT2D eigenvalue weighted by molar-refractivity contribution is 7.20. The summed E-state index contributed by atoms with van der Waals surface area (Å²) in [4.78, 5) is 31.5. The van der Waals surface area contributed by atoms with Crippen molar-refractivity contribution in [2.45, 2.75) is 32.7 Å². The third kappa shape index (κ3) is 2.81. The second-order valence-corrected chi connectivity index (χ2v) is 8.52. The summed E-state index contributed by atoms with van der Waals surface area (Å²) in [5, 5.41) is 3.63. The Bertz CT molecular complexity index is 1150. The van der Waals surface area contributed by atoms with Crippen LogP contribution in [0.15, 0.2) is 29.1 Å². The summed E-state index contributed by atoms with van der Waals surface area (Å²) >= 11 is 1.32. The van der Waals surface area contributed by atoms with Crippen molar-refractivity contribution in [1.29, 1.82) is 0 Å². The molecule has 1 N–H and O–H groups in total. The normalized spacial score (nSPS) is 17.8. The van der Waals surface area contributed by atoms with Crippen LogP contribution in [0.5, 0.6) is 5.75 Å². The van der Waals surface area contributed by atoms with E-state index in [4.69, 9.17) is 4.74 Å². The summed E-state index contributed by atoms with van der Waals surface area (Å²) in [6.07, 6.45) is 2.67. The smallest absolute Gasteiger partial charge is 0.262 e. The number of ether oxygens (including phenoxy) is 1. The minimum Gasteiger partial charge on any atom is -0.493 e. The van der Waals surface area contributed by atoms with Gasteiger partial charge in [0, 0.05) is 25.4 Å². The third-order valence-electron chi connectivity index (χ3n) is 5.62. The Morgan fingerprint density at radius 3 is 3.14 bits per heavy atom. The summed E-state index contributed by atoms with van der Waals surface area (Å²) in [5.74, 6) is 1.87. The summed E-state index contributed by atoms with van der Waals surface area (Å²) in [5.41, 5.74) is 1.91. The second kappa shape index (κ2) is 6.74. The minimum absolute atomic E-state index is 0.0115. The van der Waals surface area contributed by atoms with E-state index in [1.807, 2.05) is 25.1 Å². The number of carbonyl (C=O) groups excluding carboxylic acids is 1. The molecule has 2 aliphatic rings. The van der Waals surface area contributed by atoms with E-state index in [1.54, 1.807) is 4.57 Å². The molecule has 1 amide bonds. The average molecular weight is 395 g/mol. The zero-order valence-electron chi connectivity index (χ0n) is 15.7. The lowest BCUT2D eigenvalue weighted by atomic mass is 9.97. The molecular weight excluding hydrogens is 374 g/mol. The number of benzene rings is 1. The van der Waals surface area contributed by atoms with Crippen LogP contribution in [0.1, 0.15) is 33.0 Å². The van der Waals surface area contributed by atoms with Gasteiger partial charge in [0.1, 0.15) is 16.4 Å². The topological polar surface area (TPSA) is 73.2 Å². The molecule has 0 saturated heterocycles. The standard InChI is InChI=1S/C21H21N3O3S/c1-12-17-20(23-16-7-4-8-24(16)21(17)26)28-18(12)19(25)22-10-13-9-14-5-2-3-6-15(14)27-11-13/h2-3,5-6,13H,4,7-11H2,1H3,(H,22,25). The zero-order chi connectivity index (χ0) is 19.3. The van der Waals surface area contributed by atoms with Gasteiger partial charge in [-0.15, -0.1) is 11.3 Å². The van der Waals surface area contributed by atoms with Gasteiger partial charge in [0.2, 0.25) is 0 Å². The summed E-state index contributed by atoms with van der Waals surface area (Å²) in [6, 6.07) is 8.02. The number of hydrogen-bond donors (Lipinski definition) is 1. The fourth-order valence-electron chi connectivity index (χ4n) is 4.13. The predicted molar refractivity (Wildman–Crippen MR) is 108 cm³/mol. The molecule has 0 saturated carbocycles. The van der Waals surface area contributed by atoms with Crippen molar-refractivity contribution in [3.8, 4) is 5.75 Å². The highest BCUT2D eigenvalue weighted by Gasteiger charge is 2.25. The zero-order valence-corrected chi connectivity index (χ0v) is 16.5. The van der Waals surface area contributed by atoms with Crippen LogP contribution < -0.4 is 15.6 Å². The van der Waals surface area contributed by atoms with Gasteiger partial charge in [0.05, 0.1) is 16.9 Å². The first kappa shape index (κ1) is 17.4. The van der Waals surface area contributed by atoms with Crippen molar-refractivity contribution < 1.29 is 9.53 Å². The Balaban J connectivity index is 1.35. The van der Waals surface area contributed by atoms with Crippen LogP contribution in [0.25, 0.3) is 10.2 Å². The van der Waals surface area contributed by atoms with E-state index in [1.165, 1.54) is 16.9 Å². The van der Waals surface area contributed by atoms with Crippen molar-refractivity contribution >= 4 is 27.5 Å². The van der Waals surface area contributed by atoms with Crippen LogP contribution in [0.4, 0.5) is 0 Å². The number of rotatable bonds is 3. The van der Waals surface area contributed by atoms with Crippen LogP contribution in [0.2, 0.25) is 0 Å². The molecule has 144 valence electrons. The monoisotopic (exact) mass is 395 g/mol. The van der Waals surface area contributed by atoms with Crippen molar-refractivity contribution in [3.05, 3.63) is 56.4 Å². The molecule has 5 rings (SSSR count). The number of para-hydroxylation sites is 1. The summed E-state index contributed by atoms with van der Waals surface area (Å²) < 4.78 is 7.55. The number of aryl methyl sites for hydroxylation is 2. The largest absolute Gasteiger partial charge is 0.493 e. The summed E-state index contributed by atoms with van der Waals surface area (Å²) in [7, 11) is 0. The Morgan fingerprint density at radius 2 is 2.25 bits per heavy atom. The lowest BCUT2D eigenvalue weighted by Gasteiger charge is -2.25. The molecule has 0 aliphatic carbocycles. The van der Waals surface area contributed by atoms with Crippen molar-refractivity contribution in [1.82, 2.24) is 14.9 Å². The van der Waals surface area contributed by atoms with E-state index in [9.17, 15) is 9.59 Å². The van der Waals surface area contributed by atoms with Gasteiger partial charge in [-0.25, -0.2) is 4.98 Å². The Labute approximate surface area is 166 Å². The van der Waals surface area contributed by atoms with E-state index in [-0.39, 0.29) is 17.4 Å². The first-order valence-electron chi connectivity index (χ1n) is 9.63. The maximum atomic E-state index is 12.8. The number of aromatic nitrogens is 2. The van der Waals surface area contributed by atoms with Crippen LogP contribution >= 0.6 is 11.3 Å². The minimum atomic E-state index is -0.135. The molecule has 1 atom stereocenters. The number of hydrogen-bond acceptors (Lipinski definition) is 5. The number of nitrogens with one attached hydrogen (secondary N) is 1. The molecular formula is C21H21N3O3S. The van der Waals surface area contributed by atoms with Crippen LogP contribution in [-0.2, 0) is 19.4 Å². The third-order valence-corrected chi connectivity index (χ3v) is 6.81. The number of carbonyl (C=O) groups is 1. The molecule has 28 heavy (non-hydrogen) atoms. The van der Waals surface area contributed by atoms with Gasteiger partial charge in [0.15, 0.2) is 0 Å². The quantitative estimate of drug-likeness (QED) is 0.740. The molecule has 4 heterocycles. The van der Waals surface area contributed by atoms with Crippen LogP contribution in [0, 0.1) is 12.8 Å². The van der Waals surface area contributed by atoms with Gasteiger partial charge in [0.25, 0.3) is 11.5 Å². The van der Waals surface area contributed by atoms with Crippen molar-refractivity contribution in [2.24, 2.45) is 5.92 Å². The highest BCUT2D eigenvalue weighted by atomic mass is 32.1. The predicted octanol–water partition coefficient (Wildman–Crippen LogP) is 2.69. The van der Waals surface area contributed by atoms with Gasteiger partial charge in [-0.1, -0.05) is 18.2 Å². The Hall–Kier alpha value is -2.67. The second-order valence-electron chi connectivity index (χ2n) is 7.52. The number of thiophene rings is 1. The number of nitrogens with zero attached hydrogens (tertiary/aromatic N) is 2. The average Bonchev–Trinajstić information content (AvgIpc) is 3.31. The van der Waals surface area contributed by atoms with Gasteiger partial charge in [-0.2, -0.15) is 0 Å². The maximum Gasteiger partial charge on any atom is 0.262 e. The maximum absolute atomic E-state index is 12.8. The lowest BCUT2D eigenvalue weighted by Crippen LogP contribution is -2.34. The molecule has 0 fully saturated rings. The molecule has 2 aliphatic heterocycles. The number of amides is 1. The first-order valence-corrected chi connectivity index (χ1v) is 10.4. The van der Waals surface area contributed by atoms with E-state index in [0.717, 1.165) is 42.9 Å². The fourth-order valence-corrected chi connectivity index (χ4v) is 5.24. The SMILES string of the molecule is Cc1c(C(=O)NCC2COc3ccccc3C2)sc2nc3n(c(=O)c12)CCC3. The van der Waals surface area contributed by atoms with Crippen molar-refractivity contribution in [2.75, 3.05) is 13.2 Å². The number of fused-ring (bicyclic) bond motifs is 3. The molecule has 7 heteroatoms. The van der Waals surface area contributed by atoms with E-state index in [2.05, 4.69) is 16.4 Å². The van der Waals surface area contributed by atoms with Gasteiger partial charge in [-0.3, -0.25) is 14.2 Å². The molecule has 0 spiro atoms. The Morgan fingerprint density at radius 1 is 1.39 bits per heavy atom. The van der Waals surface area contributed by atoms with Gasteiger partial charge in [-0.05, 0) is 37.0 Å². The van der Waals surface area contributed by atoms with E-state index in [0.29, 0.717) is 28.2 Å². The molecule has 0 radical (unpaired) electrons. The molecule has 2 aromatic heterocycles. The molecule has 3 aromatic rings. The van der Waals surface area contributed by atoms with E-state index < -0.39 is 0 Å². The van der Waals surface area contributed by atoms with Gasteiger partial charge >= 0.3 is 0 Å². The van der Waals surface area contributed by atoms with Crippen LogP contribution in [-0.4, -0.2) is 28.6 Å². The first-order chi connectivity index (χ1) is 13.6. The lowest BCUT2D eigenvalue weighted by molar-refractivity contribution is 0.0942. The highest BCUT2D eigenvalue weighted by Crippen LogP contribution is 2.29. The van der Waals surface area contributed by atoms with Crippen LogP contribution in [0.3, 0.4) is 0 Å².